The quantitative estimate of drug-likeness (QED) is 0.376. The third kappa shape index (κ3) is 8.50. The van der Waals surface area contributed by atoms with Gasteiger partial charge < -0.3 is 20.1 Å². The first-order valence-corrected chi connectivity index (χ1v) is 12.4. The van der Waals surface area contributed by atoms with Crippen molar-refractivity contribution < 1.29 is 27.5 Å². The Labute approximate surface area is 191 Å². The molecule has 182 valence electrons. The number of carbonyl (C=O) groups excluding carboxylic acids is 2. The van der Waals surface area contributed by atoms with Crippen LogP contribution in [0.4, 0.5) is 0 Å². The van der Waals surface area contributed by atoms with Crippen molar-refractivity contribution in [3.8, 4) is 0 Å². The maximum Gasteiger partial charge on any atom is 0.251 e. The molecule has 0 spiro atoms. The molecule has 0 saturated heterocycles. The molecule has 0 aliphatic heterocycles. The summed E-state index contributed by atoms with van der Waals surface area (Å²) in [4.78, 5) is 25.4. The second-order valence-corrected chi connectivity index (χ2v) is 9.50. The van der Waals surface area contributed by atoms with Gasteiger partial charge >= 0.3 is 0 Å². The zero-order valence-corrected chi connectivity index (χ0v) is 20.5. The van der Waals surface area contributed by atoms with Crippen LogP contribution in [0.3, 0.4) is 0 Å². The van der Waals surface area contributed by atoms with Gasteiger partial charge in [-0.2, -0.15) is 4.31 Å². The van der Waals surface area contributed by atoms with Gasteiger partial charge in [-0.15, -0.1) is 0 Å². The van der Waals surface area contributed by atoms with Crippen molar-refractivity contribution in [3.05, 3.63) is 29.8 Å². The number of methoxy groups -OCH3 is 1. The lowest BCUT2D eigenvalue weighted by molar-refractivity contribution is -0.124. The highest BCUT2D eigenvalue weighted by Crippen LogP contribution is 2.17. The molecule has 2 amide bonds. The summed E-state index contributed by atoms with van der Waals surface area (Å²) in [5.41, 5.74) is 0.184. The molecule has 9 nitrogen and oxygen atoms in total. The Bertz CT molecular complexity index is 825. The minimum atomic E-state index is -3.69. The van der Waals surface area contributed by atoms with E-state index < -0.39 is 22.0 Å². The number of nitrogens with zero attached hydrogens (tertiary/aromatic N) is 1. The van der Waals surface area contributed by atoms with Crippen molar-refractivity contribution in [1.29, 1.82) is 0 Å². The number of hydrogen-bond acceptors (Lipinski definition) is 6. The van der Waals surface area contributed by atoms with Crippen molar-refractivity contribution in [2.75, 3.05) is 46.6 Å². The Morgan fingerprint density at radius 1 is 1.09 bits per heavy atom. The summed E-state index contributed by atoms with van der Waals surface area (Å²) in [6.45, 7) is 9.79. The first kappa shape index (κ1) is 28.0. The topological polar surface area (TPSA) is 114 Å². The third-order valence-electron chi connectivity index (χ3n) is 4.87. The van der Waals surface area contributed by atoms with E-state index in [-0.39, 0.29) is 22.3 Å². The van der Waals surface area contributed by atoms with Gasteiger partial charge in [0.05, 0.1) is 18.1 Å². The lowest BCUT2D eigenvalue weighted by Crippen LogP contribution is -2.50. The minimum Gasteiger partial charge on any atom is -0.382 e. The highest BCUT2D eigenvalue weighted by atomic mass is 32.2. The summed E-state index contributed by atoms with van der Waals surface area (Å²) in [5, 5.41) is 5.54. The molecule has 0 aliphatic carbocycles. The number of rotatable bonds is 15. The number of ether oxygens (including phenoxy) is 2. The summed E-state index contributed by atoms with van der Waals surface area (Å²) in [5.74, 6) is -0.949. The molecule has 0 aromatic heterocycles. The Kier molecular flexibility index (Phi) is 12.4. The van der Waals surface area contributed by atoms with Crippen LogP contribution < -0.4 is 10.6 Å². The van der Waals surface area contributed by atoms with Gasteiger partial charge in [-0.1, -0.05) is 33.8 Å². The van der Waals surface area contributed by atoms with E-state index in [1.165, 1.54) is 28.6 Å². The van der Waals surface area contributed by atoms with Crippen molar-refractivity contribution in [3.63, 3.8) is 0 Å². The van der Waals surface area contributed by atoms with Crippen molar-refractivity contribution in [1.82, 2.24) is 14.9 Å². The molecule has 1 rings (SSSR count). The number of hydrogen-bond donors (Lipinski definition) is 2. The molecule has 10 heteroatoms. The average molecular weight is 472 g/mol. The van der Waals surface area contributed by atoms with E-state index in [4.69, 9.17) is 9.47 Å². The number of carbonyl (C=O) groups is 2. The Balaban J connectivity index is 2.77. The number of nitrogens with one attached hydrogen (secondary N) is 2. The first-order chi connectivity index (χ1) is 15.2. The molecule has 0 bridgehead atoms. The lowest BCUT2D eigenvalue weighted by atomic mass is 10.0. The fourth-order valence-electron chi connectivity index (χ4n) is 3.01. The summed E-state index contributed by atoms with van der Waals surface area (Å²) in [7, 11) is -2.09. The highest BCUT2D eigenvalue weighted by molar-refractivity contribution is 7.89. The molecule has 0 heterocycles. The van der Waals surface area contributed by atoms with Gasteiger partial charge in [0.15, 0.2) is 0 Å². The Morgan fingerprint density at radius 3 is 2.38 bits per heavy atom. The lowest BCUT2D eigenvalue weighted by Gasteiger charge is -2.22. The standard InChI is InChI=1S/C22H37N3O6S/c1-6-25(7-2)32(28,29)19-11-8-10-18(16-19)21(26)24-20(17(3)4)22(27)23-12-9-13-31-15-14-30-5/h8,10-11,16-17,20H,6-7,9,12-15H2,1-5H3,(H,23,27)(H,24,26)/t20-/m0/s1. The van der Waals surface area contributed by atoms with Gasteiger partial charge in [0.25, 0.3) is 5.91 Å². The molecule has 0 saturated carbocycles. The monoisotopic (exact) mass is 471 g/mol. The van der Waals surface area contributed by atoms with Crippen LogP contribution in [0.15, 0.2) is 29.2 Å². The summed E-state index contributed by atoms with van der Waals surface area (Å²) >= 11 is 0. The fraction of sp³-hybridized carbons (Fsp3) is 0.636. The molecule has 1 atom stereocenters. The van der Waals surface area contributed by atoms with Crippen molar-refractivity contribution in [2.45, 2.75) is 45.1 Å². The second-order valence-electron chi connectivity index (χ2n) is 7.56. The van der Waals surface area contributed by atoms with E-state index in [1.54, 1.807) is 21.0 Å². The maximum atomic E-state index is 12.8. The van der Waals surface area contributed by atoms with Crippen LogP contribution in [0.5, 0.6) is 0 Å². The molecular weight excluding hydrogens is 434 g/mol. The molecule has 1 aromatic rings. The van der Waals surface area contributed by atoms with E-state index in [0.29, 0.717) is 45.9 Å². The van der Waals surface area contributed by atoms with Crippen molar-refractivity contribution >= 4 is 21.8 Å². The van der Waals surface area contributed by atoms with Gasteiger partial charge in [-0.05, 0) is 30.5 Å². The van der Waals surface area contributed by atoms with Gasteiger partial charge in [-0.3, -0.25) is 9.59 Å². The van der Waals surface area contributed by atoms with Crippen LogP contribution in [0, 0.1) is 5.92 Å². The molecular formula is C22H37N3O6S. The molecule has 1 aromatic carbocycles. The Hall–Kier alpha value is -2.01. The van der Waals surface area contributed by atoms with Crippen LogP contribution in [-0.4, -0.2) is 77.1 Å². The van der Waals surface area contributed by atoms with Gasteiger partial charge in [0, 0.05) is 38.9 Å². The summed E-state index contributed by atoms with van der Waals surface area (Å²) < 4.78 is 37.1. The predicted octanol–water partition coefficient (Wildman–Crippen LogP) is 1.64. The number of benzene rings is 1. The Morgan fingerprint density at radius 2 is 1.78 bits per heavy atom. The van der Waals surface area contributed by atoms with E-state index in [1.807, 2.05) is 13.8 Å². The van der Waals surface area contributed by atoms with Crippen LogP contribution in [0.2, 0.25) is 0 Å². The zero-order valence-electron chi connectivity index (χ0n) is 19.7. The van der Waals surface area contributed by atoms with Crippen molar-refractivity contribution in [2.24, 2.45) is 5.92 Å². The number of amides is 2. The highest BCUT2D eigenvalue weighted by Gasteiger charge is 2.26. The van der Waals surface area contributed by atoms with Gasteiger partial charge in [0.2, 0.25) is 15.9 Å². The van der Waals surface area contributed by atoms with Gasteiger partial charge in [-0.25, -0.2) is 8.42 Å². The van der Waals surface area contributed by atoms with Crippen LogP contribution >= 0.6 is 0 Å². The normalized spacial score (nSPS) is 12.7. The van der Waals surface area contributed by atoms with Crippen LogP contribution in [0.1, 0.15) is 44.5 Å². The third-order valence-corrected chi connectivity index (χ3v) is 6.92. The molecule has 0 fully saturated rings. The smallest absolute Gasteiger partial charge is 0.251 e. The van der Waals surface area contributed by atoms with Crippen LogP contribution in [-0.2, 0) is 24.3 Å². The minimum absolute atomic E-state index is 0.0490. The first-order valence-electron chi connectivity index (χ1n) is 10.9. The zero-order chi connectivity index (χ0) is 24.1. The molecule has 2 N–H and O–H groups in total. The van der Waals surface area contributed by atoms with Gasteiger partial charge in [0.1, 0.15) is 6.04 Å². The molecule has 0 radical (unpaired) electrons. The number of sulfonamides is 1. The summed E-state index contributed by atoms with van der Waals surface area (Å²) in [6, 6.07) is 5.12. The predicted molar refractivity (Wildman–Crippen MR) is 123 cm³/mol. The van der Waals surface area contributed by atoms with E-state index in [2.05, 4.69) is 10.6 Å². The summed E-state index contributed by atoms with van der Waals surface area (Å²) in [6.07, 6.45) is 0.638. The maximum absolute atomic E-state index is 12.8. The van der Waals surface area contributed by atoms with E-state index in [0.717, 1.165) is 0 Å². The van der Waals surface area contributed by atoms with Crippen LogP contribution in [0.25, 0.3) is 0 Å². The largest absolute Gasteiger partial charge is 0.382 e. The van der Waals surface area contributed by atoms with E-state index >= 15 is 0 Å². The van der Waals surface area contributed by atoms with E-state index in [9.17, 15) is 18.0 Å². The SMILES string of the molecule is CCN(CC)S(=O)(=O)c1cccc(C(=O)N[C@H](C(=O)NCCCOCCOC)C(C)C)c1. The molecule has 32 heavy (non-hydrogen) atoms. The molecule has 0 unspecified atom stereocenters. The molecule has 0 aliphatic rings. The fourth-order valence-corrected chi connectivity index (χ4v) is 4.51. The second kappa shape index (κ2) is 14.2. The average Bonchev–Trinajstić information content (AvgIpc) is 2.77.